The first-order valence-corrected chi connectivity index (χ1v) is 33.6. The standard InChI is InChI=1S/C53H67N9O13S2Si2/c1-5-62(36-18-10-9-11-19-36)52-58-50(55-26-16-28-79-73-43-22-13-8-6-7-12-21-42-44(32-53(4,75-79)49(43)74-79)72-78(70,71-42)27-15-25-54)57-51(59-52)56-41-31-37(76(64,65)66)30-35-29-34(3)46(47(63)45(35)41)61-60-40-24-23-38-33(2)17-14-20-39(38)48(40)77(67,68)69/h9-11,14,17-20,23-24,29-31,42-44,49,63,70H,5-8,12-13,15-16,21-22,25-28,32,54H2,1-4H3,(H,64,65,66)(H,67,68,69)(H2,55,56,57,58,59). The van der Waals surface area contributed by atoms with Gasteiger partial charge in [-0.2, -0.15) is 31.8 Å². The molecular weight excluding hydrogens is 1090 g/mol. The number of anilines is 5. The van der Waals surface area contributed by atoms with Crippen LogP contribution in [0, 0.1) is 13.8 Å². The van der Waals surface area contributed by atoms with Gasteiger partial charge in [0.05, 0.1) is 34.5 Å². The van der Waals surface area contributed by atoms with Gasteiger partial charge in [0.1, 0.15) is 22.4 Å². The first-order valence-electron chi connectivity index (χ1n) is 26.8. The molecular formula is C53H67N9O13S2Si2. The van der Waals surface area contributed by atoms with Crippen LogP contribution >= 0.6 is 0 Å². The van der Waals surface area contributed by atoms with Crippen molar-refractivity contribution in [2.24, 2.45) is 16.0 Å². The highest BCUT2D eigenvalue weighted by molar-refractivity contribution is 7.86. The molecule has 2 bridgehead atoms. The van der Waals surface area contributed by atoms with Crippen LogP contribution < -0.4 is 21.3 Å². The number of rotatable bonds is 17. The number of phenols is 1. The number of phenolic OH excluding ortho intramolecular Hbond substituents is 1. The molecule has 422 valence electrons. The highest BCUT2D eigenvalue weighted by Crippen LogP contribution is 2.51. The number of aromatic nitrogens is 3. The third kappa shape index (κ3) is 12.1. The lowest BCUT2D eigenvalue weighted by Gasteiger charge is -2.40. The molecule has 0 amide bonds. The van der Waals surface area contributed by atoms with Gasteiger partial charge >= 0.3 is 17.6 Å². The van der Waals surface area contributed by atoms with Gasteiger partial charge in [-0.05, 0) is 118 Å². The molecule has 7 unspecified atom stereocenters. The molecule has 4 fully saturated rings. The van der Waals surface area contributed by atoms with E-state index in [1.165, 1.54) is 18.2 Å². The number of azo groups is 1. The number of aryl methyl sites for hydroxylation is 2. The summed E-state index contributed by atoms with van der Waals surface area (Å²) in [6.45, 7) is 8.58. The molecule has 79 heavy (non-hydrogen) atoms. The van der Waals surface area contributed by atoms with E-state index in [2.05, 4.69) is 27.8 Å². The summed E-state index contributed by atoms with van der Waals surface area (Å²) in [4.78, 5) is 26.7. The van der Waals surface area contributed by atoms with Gasteiger partial charge in [0.25, 0.3) is 20.2 Å². The molecule has 4 heterocycles. The van der Waals surface area contributed by atoms with Gasteiger partial charge in [0.15, 0.2) is 5.75 Å². The molecule has 0 radical (unpaired) electrons. The van der Waals surface area contributed by atoms with E-state index < -0.39 is 59.0 Å². The van der Waals surface area contributed by atoms with E-state index in [1.807, 2.05) is 42.2 Å². The Bertz CT molecular complexity index is 3520. The largest absolute Gasteiger partial charge is 0.505 e. The number of aromatic hydroxyl groups is 1. The average molecular weight is 1160 g/mol. The monoisotopic (exact) mass is 1160 g/mol. The maximum Gasteiger partial charge on any atom is 0.502 e. The molecule has 22 nitrogen and oxygen atoms in total. The first kappa shape index (κ1) is 56.7. The van der Waals surface area contributed by atoms with Gasteiger partial charge in [0.2, 0.25) is 17.8 Å². The van der Waals surface area contributed by atoms with Crippen LogP contribution in [0.2, 0.25) is 12.1 Å². The minimum Gasteiger partial charge on any atom is -0.505 e. The van der Waals surface area contributed by atoms with Crippen LogP contribution in [0.5, 0.6) is 5.75 Å². The number of nitrogens with zero attached hydrogens (tertiary/aromatic N) is 6. The quantitative estimate of drug-likeness (QED) is 0.0193. The van der Waals surface area contributed by atoms with Gasteiger partial charge in [-0.25, -0.2) is 0 Å². The highest BCUT2D eigenvalue weighted by atomic mass is 32.2. The minimum absolute atomic E-state index is 0.0311. The fourth-order valence-electron chi connectivity index (χ4n) is 11.5. The fourth-order valence-corrected chi connectivity index (χ4v) is 18.7. The Labute approximate surface area is 461 Å². The van der Waals surface area contributed by atoms with Gasteiger partial charge < -0.3 is 53.3 Å². The summed E-state index contributed by atoms with van der Waals surface area (Å²) in [5.74, 6) is -0.192. The predicted molar refractivity (Wildman–Crippen MR) is 301 cm³/mol. The second-order valence-electron chi connectivity index (χ2n) is 21.0. The number of para-hydroxylation sites is 1. The van der Waals surface area contributed by atoms with E-state index in [4.69, 9.17) is 42.8 Å². The summed E-state index contributed by atoms with van der Waals surface area (Å²) in [5, 5.41) is 28.1. The smallest absolute Gasteiger partial charge is 0.502 e. The summed E-state index contributed by atoms with van der Waals surface area (Å²) in [5.41, 5.74) is 6.56. The van der Waals surface area contributed by atoms with Crippen LogP contribution in [-0.2, 0) is 42.4 Å². The van der Waals surface area contributed by atoms with E-state index in [9.17, 15) is 35.8 Å². The summed E-state index contributed by atoms with van der Waals surface area (Å²) >= 11 is 0. The lowest BCUT2D eigenvalue weighted by atomic mass is 9.85. The van der Waals surface area contributed by atoms with E-state index in [0.717, 1.165) is 62.3 Å². The van der Waals surface area contributed by atoms with E-state index in [1.54, 1.807) is 38.1 Å². The van der Waals surface area contributed by atoms with E-state index >= 15 is 0 Å². The highest BCUT2D eigenvalue weighted by Gasteiger charge is 2.69. The number of fused-ring (bicyclic) bond motifs is 4. The van der Waals surface area contributed by atoms with Crippen LogP contribution in [0.1, 0.15) is 89.2 Å². The van der Waals surface area contributed by atoms with Crippen LogP contribution in [0.4, 0.5) is 40.6 Å². The maximum absolute atomic E-state index is 12.8. The Kier molecular flexibility index (Phi) is 16.3. The van der Waals surface area contributed by atoms with Crippen LogP contribution in [0.3, 0.4) is 0 Å². The summed E-state index contributed by atoms with van der Waals surface area (Å²) in [6, 6.07) is 22.2. The topological polar surface area (TPSA) is 312 Å². The Hall–Kier alpha value is -5.60. The van der Waals surface area contributed by atoms with Gasteiger partial charge in [-0.15, -0.1) is 10.2 Å². The number of nitrogens with two attached hydrogens (primary N) is 1. The Morgan fingerprint density at radius 2 is 1.52 bits per heavy atom. The van der Waals surface area contributed by atoms with Crippen molar-refractivity contribution in [1.29, 1.82) is 0 Å². The van der Waals surface area contributed by atoms with Crippen molar-refractivity contribution in [2.75, 3.05) is 35.2 Å². The summed E-state index contributed by atoms with van der Waals surface area (Å²) in [7, 11) is -16.3. The summed E-state index contributed by atoms with van der Waals surface area (Å²) < 4.78 is 106. The molecule has 6 aromatic rings. The molecule has 3 aliphatic heterocycles. The minimum atomic E-state index is -4.83. The Morgan fingerprint density at radius 1 is 0.785 bits per heavy atom. The zero-order valence-corrected chi connectivity index (χ0v) is 48.1. The third-order valence-corrected chi connectivity index (χ3v) is 22.3. The number of benzene rings is 5. The molecule has 10 rings (SSSR count). The molecule has 5 aromatic carbocycles. The van der Waals surface area contributed by atoms with E-state index in [0.29, 0.717) is 61.9 Å². The molecule has 0 spiro atoms. The normalized spacial score (nSPS) is 25.5. The van der Waals surface area contributed by atoms with Crippen LogP contribution in [-0.4, -0.2) is 118 Å². The van der Waals surface area contributed by atoms with Gasteiger partial charge in [-0.1, -0.05) is 74.6 Å². The molecule has 1 saturated carbocycles. The number of hydrogen-bond acceptors (Lipinski definition) is 20. The molecule has 7 atom stereocenters. The van der Waals surface area contributed by atoms with Crippen LogP contribution in [0.15, 0.2) is 98.9 Å². The zero-order valence-electron chi connectivity index (χ0n) is 44.5. The predicted octanol–water partition coefficient (Wildman–Crippen LogP) is 9.82. The first-order chi connectivity index (χ1) is 37.7. The SMILES string of the molecule is CCN(c1ccccc1)c1nc(NCCC[Si]23OC4CCCCCCCC5O[Si](O)(CCCN)OC5CC(C)(O2)C4O3)nc(Nc2cc(S(=O)(=O)O)cc3cc(C)c(N=Nc4ccc5c(C)cccc5c4S(=O)(=O)O)c(O)c23)n1. The number of hydrogen-bond donors (Lipinski definition) is 7. The van der Waals surface area contributed by atoms with Crippen molar-refractivity contribution in [2.45, 2.75) is 144 Å². The average Bonchev–Trinajstić information content (AvgIpc) is 3.63. The van der Waals surface area contributed by atoms with Crippen molar-refractivity contribution in [3.63, 3.8) is 0 Å². The molecule has 3 saturated heterocycles. The van der Waals surface area contributed by atoms with Gasteiger partial charge in [-0.3, -0.25) is 9.11 Å². The summed E-state index contributed by atoms with van der Waals surface area (Å²) in [6.07, 6.45) is 7.36. The lowest BCUT2D eigenvalue weighted by molar-refractivity contribution is -0.0709. The van der Waals surface area contributed by atoms with Crippen molar-refractivity contribution < 1.29 is 58.0 Å². The molecule has 1 aliphatic carbocycles. The molecule has 4 aliphatic rings. The van der Waals surface area contributed by atoms with Crippen molar-refractivity contribution in [3.8, 4) is 5.75 Å². The van der Waals surface area contributed by atoms with Crippen LogP contribution in [0.25, 0.3) is 21.5 Å². The van der Waals surface area contributed by atoms with Gasteiger partial charge in [0, 0.05) is 48.1 Å². The van der Waals surface area contributed by atoms with E-state index in [-0.39, 0.29) is 75.5 Å². The lowest BCUT2D eigenvalue weighted by Crippen LogP contribution is -2.54. The second-order valence-corrected chi connectivity index (χ2v) is 28.7. The Balaban J connectivity index is 0.951. The molecule has 26 heteroatoms. The fraction of sp³-hybridized carbons (Fsp3) is 0.453. The Morgan fingerprint density at radius 3 is 2.25 bits per heavy atom. The molecule has 8 N–H and O–H groups in total. The second kappa shape index (κ2) is 22.7. The zero-order chi connectivity index (χ0) is 55.9. The van der Waals surface area contributed by atoms with Crippen molar-refractivity contribution in [3.05, 3.63) is 90.0 Å². The molecule has 1 aromatic heterocycles. The third-order valence-electron chi connectivity index (χ3n) is 15.1. The number of nitrogens with one attached hydrogen (secondary N) is 2. The maximum atomic E-state index is 12.8. The van der Waals surface area contributed by atoms with Crippen molar-refractivity contribution in [1.82, 2.24) is 15.0 Å². The van der Waals surface area contributed by atoms with Crippen molar-refractivity contribution >= 4 is 100.0 Å².